The topological polar surface area (TPSA) is 32.8 Å². The van der Waals surface area contributed by atoms with Crippen LogP contribution in [0.1, 0.15) is 38.7 Å². The van der Waals surface area contributed by atoms with Crippen molar-refractivity contribution in [2.45, 2.75) is 51.2 Å². The SMILES string of the molecule is CCN(CC)[C@H]1CCO[C@]2(CCN(C(=O)Cc3ccsc3)C2)C1. The number of nitrogens with zero attached hydrogens (tertiary/aromatic N) is 2. The van der Waals surface area contributed by atoms with Crippen LogP contribution in [0.15, 0.2) is 16.8 Å². The van der Waals surface area contributed by atoms with Crippen LogP contribution in [0.5, 0.6) is 0 Å². The average molecular weight is 337 g/mol. The number of likely N-dealkylation sites (tertiary alicyclic amines) is 1. The van der Waals surface area contributed by atoms with Gasteiger partial charge in [0.2, 0.25) is 5.91 Å². The summed E-state index contributed by atoms with van der Waals surface area (Å²) in [4.78, 5) is 17.1. The molecule has 0 aromatic carbocycles. The van der Waals surface area contributed by atoms with E-state index in [0.717, 1.165) is 57.6 Å². The lowest BCUT2D eigenvalue weighted by atomic mass is 9.88. The smallest absolute Gasteiger partial charge is 0.227 e. The van der Waals surface area contributed by atoms with Crippen LogP contribution in [-0.2, 0) is 16.0 Å². The maximum absolute atomic E-state index is 12.5. The van der Waals surface area contributed by atoms with E-state index in [-0.39, 0.29) is 11.5 Å². The number of rotatable bonds is 5. The van der Waals surface area contributed by atoms with E-state index in [4.69, 9.17) is 4.74 Å². The summed E-state index contributed by atoms with van der Waals surface area (Å²) in [6.45, 7) is 9.10. The molecule has 5 heteroatoms. The number of amides is 1. The Kier molecular flexibility index (Phi) is 5.39. The molecule has 2 saturated heterocycles. The predicted molar refractivity (Wildman–Crippen MR) is 93.8 cm³/mol. The van der Waals surface area contributed by atoms with E-state index in [1.807, 2.05) is 16.3 Å². The summed E-state index contributed by atoms with van der Waals surface area (Å²) in [5, 5.41) is 4.10. The summed E-state index contributed by atoms with van der Waals surface area (Å²) in [6, 6.07) is 2.65. The number of carbonyl (C=O) groups is 1. The largest absolute Gasteiger partial charge is 0.373 e. The third-order valence-electron chi connectivity index (χ3n) is 5.40. The Hall–Kier alpha value is -0.910. The highest BCUT2D eigenvalue weighted by Crippen LogP contribution is 2.36. The molecule has 0 unspecified atom stereocenters. The molecule has 1 spiro atoms. The first-order chi connectivity index (χ1) is 11.2. The standard InChI is InChI=1S/C18H28N2O2S/c1-3-19(4-2)16-5-9-22-18(12-16)7-8-20(14-18)17(21)11-15-6-10-23-13-15/h6,10,13,16H,3-5,7-9,11-12,14H2,1-2H3/t16-,18+/m0/s1. The van der Waals surface area contributed by atoms with Gasteiger partial charge in [-0.25, -0.2) is 0 Å². The molecule has 2 aliphatic rings. The molecule has 0 bridgehead atoms. The van der Waals surface area contributed by atoms with E-state index < -0.39 is 0 Å². The molecule has 3 rings (SSSR count). The molecule has 1 aromatic rings. The third-order valence-corrected chi connectivity index (χ3v) is 6.13. The minimum Gasteiger partial charge on any atom is -0.373 e. The first-order valence-electron chi connectivity index (χ1n) is 8.82. The summed E-state index contributed by atoms with van der Waals surface area (Å²) in [5.41, 5.74) is 1.03. The zero-order valence-electron chi connectivity index (χ0n) is 14.3. The van der Waals surface area contributed by atoms with Gasteiger partial charge in [-0.1, -0.05) is 13.8 Å². The number of hydrogen-bond acceptors (Lipinski definition) is 4. The molecule has 2 fully saturated rings. The van der Waals surface area contributed by atoms with Crippen molar-refractivity contribution in [1.29, 1.82) is 0 Å². The van der Waals surface area contributed by atoms with Crippen LogP contribution < -0.4 is 0 Å². The van der Waals surface area contributed by atoms with E-state index in [0.29, 0.717) is 12.5 Å². The van der Waals surface area contributed by atoms with E-state index >= 15 is 0 Å². The van der Waals surface area contributed by atoms with Crippen LogP contribution in [0.25, 0.3) is 0 Å². The molecule has 1 amide bonds. The second-order valence-electron chi connectivity index (χ2n) is 6.77. The van der Waals surface area contributed by atoms with Gasteiger partial charge in [0, 0.05) is 25.7 Å². The van der Waals surface area contributed by atoms with Crippen molar-refractivity contribution in [2.24, 2.45) is 0 Å². The molecular formula is C18H28N2O2S. The second kappa shape index (κ2) is 7.32. The fraction of sp³-hybridized carbons (Fsp3) is 0.722. The second-order valence-corrected chi connectivity index (χ2v) is 7.55. The van der Waals surface area contributed by atoms with Crippen LogP contribution in [0.4, 0.5) is 0 Å². The van der Waals surface area contributed by atoms with E-state index in [2.05, 4.69) is 24.1 Å². The van der Waals surface area contributed by atoms with Crippen LogP contribution in [0.3, 0.4) is 0 Å². The highest BCUT2D eigenvalue weighted by atomic mass is 32.1. The minimum absolute atomic E-state index is 0.101. The Morgan fingerprint density at radius 3 is 3.00 bits per heavy atom. The number of carbonyl (C=O) groups excluding carboxylic acids is 1. The molecule has 2 atom stereocenters. The molecule has 0 N–H and O–H groups in total. The fourth-order valence-corrected chi connectivity index (χ4v) is 4.74. The van der Waals surface area contributed by atoms with Crippen molar-refractivity contribution >= 4 is 17.2 Å². The Labute approximate surface area is 143 Å². The van der Waals surface area contributed by atoms with Crippen molar-refractivity contribution < 1.29 is 9.53 Å². The Bertz CT molecular complexity index is 515. The molecule has 4 nitrogen and oxygen atoms in total. The Balaban J connectivity index is 1.60. The molecule has 0 radical (unpaired) electrons. The molecule has 23 heavy (non-hydrogen) atoms. The van der Waals surface area contributed by atoms with Crippen LogP contribution in [0, 0.1) is 0 Å². The van der Waals surface area contributed by atoms with Gasteiger partial charge in [-0.2, -0.15) is 11.3 Å². The lowest BCUT2D eigenvalue weighted by Gasteiger charge is -2.42. The number of hydrogen-bond donors (Lipinski definition) is 0. The summed E-state index contributed by atoms with van der Waals surface area (Å²) in [5.74, 6) is 0.244. The van der Waals surface area contributed by atoms with Crippen LogP contribution in [0.2, 0.25) is 0 Å². The first kappa shape index (κ1) is 16.9. The Morgan fingerprint density at radius 2 is 2.30 bits per heavy atom. The van der Waals surface area contributed by atoms with E-state index in [9.17, 15) is 4.79 Å². The first-order valence-corrected chi connectivity index (χ1v) is 9.77. The average Bonchev–Trinajstić information content (AvgIpc) is 3.19. The number of thiophene rings is 1. The third kappa shape index (κ3) is 3.78. The highest BCUT2D eigenvalue weighted by Gasteiger charge is 2.45. The van der Waals surface area contributed by atoms with Gasteiger partial charge in [0.15, 0.2) is 0 Å². The van der Waals surface area contributed by atoms with Gasteiger partial charge < -0.3 is 14.5 Å². The van der Waals surface area contributed by atoms with Gasteiger partial charge in [0.1, 0.15) is 0 Å². The summed E-state index contributed by atoms with van der Waals surface area (Å²) in [6.07, 6.45) is 3.70. The summed E-state index contributed by atoms with van der Waals surface area (Å²) < 4.78 is 6.19. The van der Waals surface area contributed by atoms with Crippen molar-refractivity contribution in [3.05, 3.63) is 22.4 Å². The van der Waals surface area contributed by atoms with Crippen molar-refractivity contribution in [1.82, 2.24) is 9.80 Å². The van der Waals surface area contributed by atoms with Crippen LogP contribution in [-0.4, -0.2) is 60.1 Å². The van der Waals surface area contributed by atoms with Gasteiger partial charge >= 0.3 is 0 Å². The van der Waals surface area contributed by atoms with Gasteiger partial charge in [-0.15, -0.1) is 0 Å². The predicted octanol–water partition coefficient (Wildman–Crippen LogP) is 2.78. The molecule has 1 aromatic heterocycles. The molecule has 2 aliphatic heterocycles. The van der Waals surface area contributed by atoms with Crippen molar-refractivity contribution in [3.8, 4) is 0 Å². The molecular weight excluding hydrogens is 308 g/mol. The van der Waals surface area contributed by atoms with Gasteiger partial charge in [-0.05, 0) is 54.7 Å². The monoisotopic (exact) mass is 336 g/mol. The minimum atomic E-state index is -0.101. The normalized spacial score (nSPS) is 28.0. The molecule has 0 saturated carbocycles. The van der Waals surface area contributed by atoms with Gasteiger partial charge in [0.25, 0.3) is 0 Å². The number of ether oxygens (including phenoxy) is 1. The summed E-state index contributed by atoms with van der Waals surface area (Å²) >= 11 is 1.65. The molecule has 0 aliphatic carbocycles. The highest BCUT2D eigenvalue weighted by molar-refractivity contribution is 7.07. The Morgan fingerprint density at radius 1 is 1.48 bits per heavy atom. The quantitative estimate of drug-likeness (QED) is 0.829. The van der Waals surface area contributed by atoms with Crippen molar-refractivity contribution in [2.75, 3.05) is 32.8 Å². The lowest BCUT2D eigenvalue weighted by Crippen LogP contribution is -2.50. The zero-order valence-corrected chi connectivity index (χ0v) is 15.1. The van der Waals surface area contributed by atoms with Crippen molar-refractivity contribution in [3.63, 3.8) is 0 Å². The van der Waals surface area contributed by atoms with Crippen LogP contribution >= 0.6 is 11.3 Å². The maximum Gasteiger partial charge on any atom is 0.227 e. The summed E-state index contributed by atoms with van der Waals surface area (Å²) in [7, 11) is 0. The van der Waals surface area contributed by atoms with Gasteiger partial charge in [-0.3, -0.25) is 4.79 Å². The molecule has 3 heterocycles. The zero-order chi connectivity index (χ0) is 16.3. The van der Waals surface area contributed by atoms with Gasteiger partial charge in [0.05, 0.1) is 12.0 Å². The lowest BCUT2D eigenvalue weighted by molar-refractivity contribution is -0.133. The van der Waals surface area contributed by atoms with E-state index in [1.165, 1.54) is 0 Å². The molecule has 128 valence electrons. The van der Waals surface area contributed by atoms with E-state index in [1.54, 1.807) is 11.3 Å². The fourth-order valence-electron chi connectivity index (χ4n) is 4.08. The maximum atomic E-state index is 12.5.